The highest BCUT2D eigenvalue weighted by Crippen LogP contribution is 2.25. The zero-order valence-corrected chi connectivity index (χ0v) is 18.3. The summed E-state index contributed by atoms with van der Waals surface area (Å²) in [5.74, 6) is 0.384. The molecule has 7 nitrogen and oxygen atoms in total. The van der Waals surface area contributed by atoms with Gasteiger partial charge in [-0.2, -0.15) is 5.10 Å². The lowest BCUT2D eigenvalue weighted by atomic mass is 10.0. The second-order valence-electron chi connectivity index (χ2n) is 8.34. The van der Waals surface area contributed by atoms with Gasteiger partial charge in [0.1, 0.15) is 5.82 Å². The summed E-state index contributed by atoms with van der Waals surface area (Å²) in [6.45, 7) is 9.40. The van der Waals surface area contributed by atoms with Crippen LogP contribution in [0.2, 0.25) is 0 Å². The Morgan fingerprint density at radius 2 is 1.87 bits per heavy atom. The molecule has 0 atom stereocenters. The molecule has 1 amide bonds. The molecule has 0 bridgehead atoms. The van der Waals surface area contributed by atoms with Crippen molar-refractivity contribution in [3.05, 3.63) is 55.0 Å². The molecule has 0 saturated carbocycles. The van der Waals surface area contributed by atoms with E-state index in [0.717, 1.165) is 61.0 Å². The number of nitrogens with zero attached hydrogens (tertiary/aromatic N) is 5. The maximum Gasteiger partial charge on any atom is 0.252 e. The van der Waals surface area contributed by atoms with Crippen LogP contribution in [0.3, 0.4) is 0 Å². The molecule has 1 aromatic carbocycles. The first-order chi connectivity index (χ1) is 15.0. The van der Waals surface area contributed by atoms with Gasteiger partial charge in [-0.25, -0.2) is 4.98 Å². The van der Waals surface area contributed by atoms with Crippen LogP contribution in [0.4, 0.5) is 5.82 Å². The van der Waals surface area contributed by atoms with Gasteiger partial charge in [-0.3, -0.25) is 9.48 Å². The largest absolute Gasteiger partial charge is 0.307 e. The molecule has 7 heteroatoms. The number of carbonyl (C=O) groups is 1. The van der Waals surface area contributed by atoms with Crippen molar-refractivity contribution >= 4 is 22.5 Å². The number of amides is 1. The Kier molecular flexibility index (Phi) is 6.44. The average molecular weight is 419 g/mol. The maximum atomic E-state index is 12.6. The number of hydrogen-bond acceptors (Lipinski definition) is 5. The van der Waals surface area contributed by atoms with Crippen LogP contribution in [0.5, 0.6) is 0 Å². The van der Waals surface area contributed by atoms with E-state index in [1.54, 1.807) is 10.9 Å². The van der Waals surface area contributed by atoms with Crippen molar-refractivity contribution in [3.8, 4) is 11.1 Å². The molecule has 1 aliphatic heterocycles. The summed E-state index contributed by atoms with van der Waals surface area (Å²) in [5.41, 5.74) is 2.73. The Morgan fingerprint density at radius 1 is 1.06 bits per heavy atom. The Balaban J connectivity index is 1.34. The summed E-state index contributed by atoms with van der Waals surface area (Å²) in [4.78, 5) is 21.8. The second-order valence-corrected chi connectivity index (χ2v) is 8.34. The number of nitrogens with one attached hydrogen (secondary N) is 1. The van der Waals surface area contributed by atoms with Crippen LogP contribution >= 0.6 is 0 Å². The number of benzene rings is 1. The molecule has 4 rings (SSSR count). The number of piperazine rings is 1. The SMILES string of the molecule is C=C(CCCN1CCN(C)CC1)C(=O)Nc1cc2cc(-c3cnn(C)c3)ccc2cn1. The number of rotatable bonds is 7. The maximum absolute atomic E-state index is 12.6. The van der Waals surface area contributed by atoms with E-state index >= 15 is 0 Å². The minimum absolute atomic E-state index is 0.159. The number of likely N-dealkylation sites (N-methyl/N-ethyl adjacent to an activating group) is 1. The molecule has 0 spiro atoms. The first kappa shape index (κ1) is 21.2. The van der Waals surface area contributed by atoms with Crippen LogP contribution in [-0.4, -0.2) is 70.2 Å². The quantitative estimate of drug-likeness (QED) is 0.597. The molecule has 3 heterocycles. The third-order valence-corrected chi connectivity index (χ3v) is 5.87. The highest BCUT2D eigenvalue weighted by molar-refractivity contribution is 6.03. The zero-order chi connectivity index (χ0) is 21.8. The normalized spacial score (nSPS) is 15.3. The van der Waals surface area contributed by atoms with E-state index in [4.69, 9.17) is 0 Å². The molecule has 0 unspecified atom stereocenters. The third kappa shape index (κ3) is 5.37. The van der Waals surface area contributed by atoms with Crippen LogP contribution < -0.4 is 5.32 Å². The van der Waals surface area contributed by atoms with Gasteiger partial charge in [-0.05, 0) is 49.5 Å². The fourth-order valence-electron chi connectivity index (χ4n) is 3.86. The monoisotopic (exact) mass is 418 g/mol. The summed E-state index contributed by atoms with van der Waals surface area (Å²) in [7, 11) is 4.06. The minimum Gasteiger partial charge on any atom is -0.307 e. The summed E-state index contributed by atoms with van der Waals surface area (Å²) in [6.07, 6.45) is 7.25. The van der Waals surface area contributed by atoms with Gasteiger partial charge in [0.15, 0.2) is 0 Å². The molecule has 1 N–H and O–H groups in total. The van der Waals surface area contributed by atoms with Crippen molar-refractivity contribution in [1.82, 2.24) is 24.6 Å². The van der Waals surface area contributed by atoms with Gasteiger partial charge in [-0.15, -0.1) is 0 Å². The van der Waals surface area contributed by atoms with Gasteiger partial charge >= 0.3 is 0 Å². The number of fused-ring (bicyclic) bond motifs is 1. The number of anilines is 1. The van der Waals surface area contributed by atoms with Gasteiger partial charge in [0.25, 0.3) is 5.91 Å². The van der Waals surface area contributed by atoms with Crippen LogP contribution in [0.15, 0.2) is 55.0 Å². The van der Waals surface area contributed by atoms with Crippen molar-refractivity contribution in [2.45, 2.75) is 12.8 Å². The van der Waals surface area contributed by atoms with Gasteiger partial charge in [0.05, 0.1) is 6.20 Å². The fourth-order valence-corrected chi connectivity index (χ4v) is 3.86. The number of aryl methyl sites for hydroxylation is 1. The van der Waals surface area contributed by atoms with E-state index in [-0.39, 0.29) is 5.91 Å². The summed E-state index contributed by atoms with van der Waals surface area (Å²) < 4.78 is 1.78. The van der Waals surface area contributed by atoms with Crippen LogP contribution in [0, 0.1) is 0 Å². The van der Waals surface area contributed by atoms with Gasteiger partial charge in [-0.1, -0.05) is 18.7 Å². The number of aromatic nitrogens is 3. The second kappa shape index (κ2) is 9.41. The summed E-state index contributed by atoms with van der Waals surface area (Å²) in [6, 6.07) is 8.09. The summed E-state index contributed by atoms with van der Waals surface area (Å²) in [5, 5.41) is 9.19. The molecule has 1 saturated heterocycles. The van der Waals surface area contributed by atoms with Crippen LogP contribution in [-0.2, 0) is 11.8 Å². The average Bonchev–Trinajstić information content (AvgIpc) is 3.21. The highest BCUT2D eigenvalue weighted by atomic mass is 16.1. The van der Waals surface area contributed by atoms with Crippen molar-refractivity contribution in [3.63, 3.8) is 0 Å². The predicted octanol–water partition coefficient (Wildman–Crippen LogP) is 3.16. The van der Waals surface area contributed by atoms with Gasteiger partial charge < -0.3 is 15.1 Å². The first-order valence-corrected chi connectivity index (χ1v) is 10.8. The number of carbonyl (C=O) groups excluding carboxylic acids is 1. The van der Waals surface area contributed by atoms with E-state index in [2.05, 4.69) is 51.0 Å². The van der Waals surface area contributed by atoms with E-state index in [9.17, 15) is 4.79 Å². The van der Waals surface area contributed by atoms with E-state index < -0.39 is 0 Å². The molecular formula is C24H30N6O. The first-order valence-electron chi connectivity index (χ1n) is 10.8. The lowest BCUT2D eigenvalue weighted by Crippen LogP contribution is -2.44. The molecule has 3 aromatic rings. The van der Waals surface area contributed by atoms with Crippen molar-refractivity contribution in [1.29, 1.82) is 0 Å². The smallest absolute Gasteiger partial charge is 0.252 e. The van der Waals surface area contributed by atoms with E-state index in [1.165, 1.54) is 0 Å². The lowest BCUT2D eigenvalue weighted by Gasteiger charge is -2.32. The Labute approximate surface area is 183 Å². The highest BCUT2D eigenvalue weighted by Gasteiger charge is 2.14. The molecule has 162 valence electrons. The Morgan fingerprint density at radius 3 is 2.61 bits per heavy atom. The van der Waals surface area contributed by atoms with Crippen molar-refractivity contribution in [2.24, 2.45) is 7.05 Å². The number of pyridine rings is 1. The predicted molar refractivity (Wildman–Crippen MR) is 125 cm³/mol. The molecule has 2 aromatic heterocycles. The van der Waals surface area contributed by atoms with E-state index in [1.807, 2.05) is 31.6 Å². The van der Waals surface area contributed by atoms with Gasteiger partial charge in [0, 0.05) is 62.1 Å². The molecule has 0 aliphatic carbocycles. The topological polar surface area (TPSA) is 66.3 Å². The third-order valence-electron chi connectivity index (χ3n) is 5.87. The Bertz CT molecular complexity index is 1080. The molecule has 1 fully saturated rings. The fraction of sp³-hybridized carbons (Fsp3) is 0.375. The van der Waals surface area contributed by atoms with Crippen LogP contribution in [0.25, 0.3) is 21.9 Å². The van der Waals surface area contributed by atoms with E-state index in [0.29, 0.717) is 17.8 Å². The number of hydrogen-bond donors (Lipinski definition) is 1. The van der Waals surface area contributed by atoms with Gasteiger partial charge in [0.2, 0.25) is 0 Å². The van der Waals surface area contributed by atoms with Crippen molar-refractivity contribution < 1.29 is 4.79 Å². The molecule has 1 aliphatic rings. The molecule has 31 heavy (non-hydrogen) atoms. The minimum atomic E-state index is -0.159. The van der Waals surface area contributed by atoms with Crippen LogP contribution in [0.1, 0.15) is 12.8 Å². The molecular weight excluding hydrogens is 388 g/mol. The van der Waals surface area contributed by atoms with Crippen molar-refractivity contribution in [2.75, 3.05) is 45.1 Å². The Hall–Kier alpha value is -3.03. The summed E-state index contributed by atoms with van der Waals surface area (Å²) >= 11 is 0. The lowest BCUT2D eigenvalue weighted by molar-refractivity contribution is -0.113. The zero-order valence-electron chi connectivity index (χ0n) is 18.3. The standard InChI is InChI=1S/C24H30N6O/c1-18(5-4-8-30-11-9-28(2)10-12-30)24(31)27-23-14-21-13-19(6-7-20(21)15-25-23)22-16-26-29(3)17-22/h6-7,13-17H,1,4-5,8-12H2,2-3H3,(H,25,27,31). The molecule has 0 radical (unpaired) electrons.